The van der Waals surface area contributed by atoms with Crippen molar-refractivity contribution in [3.63, 3.8) is 0 Å². The van der Waals surface area contributed by atoms with E-state index in [2.05, 4.69) is 15.4 Å². The fourth-order valence-corrected chi connectivity index (χ4v) is 3.44. The summed E-state index contributed by atoms with van der Waals surface area (Å²) >= 11 is 1.32. The van der Waals surface area contributed by atoms with Gasteiger partial charge in [-0.05, 0) is 31.5 Å². The molecule has 0 aliphatic rings. The zero-order valence-electron chi connectivity index (χ0n) is 14.9. The molecule has 1 N–H and O–H groups in total. The Morgan fingerprint density at radius 2 is 2.00 bits per heavy atom. The van der Waals surface area contributed by atoms with Gasteiger partial charge in [-0.3, -0.25) is 10.1 Å². The molecular weight excluding hydrogens is 360 g/mol. The number of hydrogen-bond acceptors (Lipinski definition) is 5. The van der Waals surface area contributed by atoms with Gasteiger partial charge in [0.25, 0.3) is 5.91 Å². The number of imidazole rings is 1. The summed E-state index contributed by atoms with van der Waals surface area (Å²) in [6, 6.07) is 17.5. The summed E-state index contributed by atoms with van der Waals surface area (Å²) < 4.78 is 7.38. The van der Waals surface area contributed by atoms with E-state index >= 15 is 0 Å². The van der Waals surface area contributed by atoms with Crippen molar-refractivity contribution in [3.05, 3.63) is 66.4 Å². The van der Waals surface area contributed by atoms with Crippen LogP contribution in [-0.2, 0) is 4.79 Å². The summed E-state index contributed by atoms with van der Waals surface area (Å²) in [6.07, 6.45) is 1.21. The summed E-state index contributed by atoms with van der Waals surface area (Å²) in [5.74, 6) is 0.413. The van der Waals surface area contributed by atoms with Crippen molar-refractivity contribution >= 4 is 27.3 Å². The Balaban J connectivity index is 1.45. The third kappa shape index (κ3) is 3.83. The van der Waals surface area contributed by atoms with Crippen LogP contribution in [0.15, 0.2) is 60.8 Å². The van der Waals surface area contributed by atoms with Gasteiger partial charge in [0.2, 0.25) is 10.1 Å². The molecule has 7 heteroatoms. The fraction of sp³-hybridized carbons (Fsp3) is 0.150. The monoisotopic (exact) mass is 378 g/mol. The Hall–Kier alpha value is -3.19. The normalized spacial score (nSPS) is 12.1. The van der Waals surface area contributed by atoms with Gasteiger partial charge in [-0.25, -0.2) is 9.50 Å². The highest BCUT2D eigenvalue weighted by Crippen LogP contribution is 2.24. The summed E-state index contributed by atoms with van der Waals surface area (Å²) in [5, 5.41) is 7.67. The van der Waals surface area contributed by atoms with E-state index in [0.717, 1.165) is 21.8 Å². The van der Waals surface area contributed by atoms with Gasteiger partial charge < -0.3 is 4.74 Å². The van der Waals surface area contributed by atoms with E-state index in [9.17, 15) is 4.79 Å². The van der Waals surface area contributed by atoms with E-state index in [1.165, 1.54) is 11.3 Å². The molecule has 0 saturated carbocycles. The Bertz CT molecular complexity index is 1060. The average Bonchev–Trinajstić information content (AvgIpc) is 3.21. The molecule has 27 heavy (non-hydrogen) atoms. The van der Waals surface area contributed by atoms with E-state index in [0.29, 0.717) is 10.9 Å². The quantitative estimate of drug-likeness (QED) is 0.566. The first kappa shape index (κ1) is 17.2. The number of nitrogens with zero attached hydrogens (tertiary/aromatic N) is 3. The number of carbonyl (C=O) groups excluding carboxylic acids is 1. The van der Waals surface area contributed by atoms with Crippen LogP contribution in [0.3, 0.4) is 0 Å². The second-order valence-corrected chi connectivity index (χ2v) is 7.15. The maximum absolute atomic E-state index is 12.4. The second-order valence-electron chi connectivity index (χ2n) is 6.19. The molecule has 136 valence electrons. The molecule has 4 aromatic rings. The van der Waals surface area contributed by atoms with Gasteiger partial charge in [-0.2, -0.15) is 0 Å². The highest BCUT2D eigenvalue weighted by atomic mass is 32.1. The SMILES string of the molecule is Cc1cccc(O[C@H](C)C(=O)Nc2nn3cc(-c4ccccc4)nc3s2)c1. The maximum Gasteiger partial charge on any atom is 0.266 e. The number of rotatable bonds is 5. The molecular formula is C20H18N4O2S. The third-order valence-corrected chi connectivity index (χ3v) is 4.85. The van der Waals surface area contributed by atoms with Crippen LogP contribution in [0.1, 0.15) is 12.5 Å². The largest absolute Gasteiger partial charge is 0.481 e. The van der Waals surface area contributed by atoms with Gasteiger partial charge >= 0.3 is 0 Å². The van der Waals surface area contributed by atoms with Crippen LogP contribution in [0.25, 0.3) is 16.2 Å². The van der Waals surface area contributed by atoms with Gasteiger partial charge in [0.1, 0.15) is 5.75 Å². The van der Waals surface area contributed by atoms with Crippen molar-refractivity contribution in [1.29, 1.82) is 0 Å². The number of amides is 1. The summed E-state index contributed by atoms with van der Waals surface area (Å²) in [5.41, 5.74) is 2.96. The fourth-order valence-electron chi connectivity index (χ4n) is 2.65. The third-order valence-electron chi connectivity index (χ3n) is 4.01. The van der Waals surface area contributed by atoms with E-state index in [1.807, 2.05) is 67.7 Å². The van der Waals surface area contributed by atoms with Gasteiger partial charge in [-0.15, -0.1) is 5.10 Å². The zero-order chi connectivity index (χ0) is 18.8. The number of nitrogens with one attached hydrogen (secondary N) is 1. The molecule has 0 spiro atoms. The molecule has 6 nitrogen and oxygen atoms in total. The molecule has 0 aliphatic carbocycles. The molecule has 2 aromatic carbocycles. The van der Waals surface area contributed by atoms with E-state index in [-0.39, 0.29) is 5.91 Å². The number of benzene rings is 2. The number of carbonyl (C=O) groups is 1. The molecule has 4 rings (SSSR count). The van der Waals surface area contributed by atoms with Crippen LogP contribution in [0, 0.1) is 6.92 Å². The van der Waals surface area contributed by atoms with Crippen LogP contribution in [0.2, 0.25) is 0 Å². The Kier molecular flexibility index (Phi) is 4.60. The first-order valence-electron chi connectivity index (χ1n) is 8.54. The number of aromatic nitrogens is 3. The number of ether oxygens (including phenoxy) is 1. The number of aryl methyl sites for hydroxylation is 1. The molecule has 0 aliphatic heterocycles. The van der Waals surface area contributed by atoms with Crippen molar-refractivity contribution in [3.8, 4) is 17.0 Å². The molecule has 0 saturated heterocycles. The van der Waals surface area contributed by atoms with Crippen molar-refractivity contribution in [2.45, 2.75) is 20.0 Å². The second kappa shape index (κ2) is 7.20. The van der Waals surface area contributed by atoms with Gasteiger partial charge in [0.15, 0.2) is 6.10 Å². The Labute approximate surface area is 160 Å². The number of hydrogen-bond donors (Lipinski definition) is 1. The molecule has 1 atom stereocenters. The minimum Gasteiger partial charge on any atom is -0.481 e. The Morgan fingerprint density at radius 3 is 2.74 bits per heavy atom. The lowest BCUT2D eigenvalue weighted by Crippen LogP contribution is -2.30. The van der Waals surface area contributed by atoms with Crippen molar-refractivity contribution < 1.29 is 9.53 Å². The zero-order valence-corrected chi connectivity index (χ0v) is 15.7. The van der Waals surface area contributed by atoms with Crippen LogP contribution in [0.5, 0.6) is 5.75 Å². The number of fused-ring (bicyclic) bond motifs is 1. The van der Waals surface area contributed by atoms with E-state index in [4.69, 9.17) is 4.74 Å². The highest BCUT2D eigenvalue weighted by molar-refractivity contribution is 7.20. The molecule has 2 heterocycles. The molecule has 0 fully saturated rings. The average molecular weight is 378 g/mol. The van der Waals surface area contributed by atoms with E-state index < -0.39 is 6.10 Å². The van der Waals surface area contributed by atoms with Crippen LogP contribution >= 0.6 is 11.3 Å². The van der Waals surface area contributed by atoms with Crippen molar-refractivity contribution in [2.24, 2.45) is 0 Å². The minimum atomic E-state index is -0.636. The minimum absolute atomic E-state index is 0.253. The lowest BCUT2D eigenvalue weighted by molar-refractivity contribution is -0.122. The topological polar surface area (TPSA) is 68.5 Å². The van der Waals surface area contributed by atoms with Crippen LogP contribution in [0.4, 0.5) is 5.13 Å². The smallest absolute Gasteiger partial charge is 0.266 e. The first-order chi connectivity index (χ1) is 13.1. The lowest BCUT2D eigenvalue weighted by Gasteiger charge is -2.13. The summed E-state index contributed by atoms with van der Waals surface area (Å²) in [7, 11) is 0. The molecule has 0 radical (unpaired) electrons. The highest BCUT2D eigenvalue weighted by Gasteiger charge is 2.18. The summed E-state index contributed by atoms with van der Waals surface area (Å²) in [6.45, 7) is 3.69. The van der Waals surface area contributed by atoms with Gasteiger partial charge in [0, 0.05) is 5.56 Å². The molecule has 1 amide bonds. The van der Waals surface area contributed by atoms with Crippen LogP contribution < -0.4 is 10.1 Å². The lowest BCUT2D eigenvalue weighted by atomic mass is 10.2. The van der Waals surface area contributed by atoms with Gasteiger partial charge in [0.05, 0.1) is 11.9 Å². The number of anilines is 1. The molecule has 0 unspecified atom stereocenters. The molecule has 2 aromatic heterocycles. The predicted octanol–water partition coefficient (Wildman–Crippen LogP) is 4.17. The molecule has 0 bridgehead atoms. The van der Waals surface area contributed by atoms with Gasteiger partial charge in [-0.1, -0.05) is 53.8 Å². The van der Waals surface area contributed by atoms with E-state index in [1.54, 1.807) is 11.4 Å². The van der Waals surface area contributed by atoms with Crippen molar-refractivity contribution in [2.75, 3.05) is 5.32 Å². The maximum atomic E-state index is 12.4. The van der Waals surface area contributed by atoms with Crippen LogP contribution in [-0.4, -0.2) is 26.6 Å². The van der Waals surface area contributed by atoms with Crippen molar-refractivity contribution in [1.82, 2.24) is 14.6 Å². The standard InChI is InChI=1S/C20H18N4O2S/c1-13-7-6-10-16(11-13)26-14(2)18(25)22-19-23-24-12-17(21-20(24)27-19)15-8-4-3-5-9-15/h3-12,14H,1-2H3,(H,22,23,25)/t14-/m1/s1. The predicted molar refractivity (Wildman–Crippen MR) is 106 cm³/mol. The summed E-state index contributed by atoms with van der Waals surface area (Å²) in [4.78, 5) is 17.7. The first-order valence-corrected chi connectivity index (χ1v) is 9.36. The Morgan fingerprint density at radius 1 is 1.19 bits per heavy atom.